The second kappa shape index (κ2) is 8.27. The summed E-state index contributed by atoms with van der Waals surface area (Å²) in [5.41, 5.74) is 1.38. The number of nitrogens with zero attached hydrogens (tertiary/aromatic N) is 1. The van der Waals surface area contributed by atoms with Crippen LogP contribution >= 0.6 is 0 Å². The topological polar surface area (TPSA) is 41.6 Å². The molecule has 0 spiro atoms. The van der Waals surface area contributed by atoms with E-state index in [9.17, 15) is 4.79 Å². The zero-order valence-electron chi connectivity index (χ0n) is 11.9. The quantitative estimate of drug-likeness (QED) is 0.577. The highest BCUT2D eigenvalue weighted by molar-refractivity contribution is 5.69. The molecule has 0 aromatic heterocycles. The van der Waals surface area contributed by atoms with Crippen LogP contribution in [0.5, 0.6) is 0 Å². The minimum atomic E-state index is -0.136. The maximum absolute atomic E-state index is 11.0. The maximum atomic E-state index is 11.0. The molecule has 4 heteroatoms. The highest BCUT2D eigenvalue weighted by atomic mass is 16.5. The summed E-state index contributed by atoms with van der Waals surface area (Å²) in [6.45, 7) is 8.35. The minimum absolute atomic E-state index is 0.136. The van der Waals surface area contributed by atoms with Gasteiger partial charge in [-0.25, -0.2) is 0 Å². The van der Waals surface area contributed by atoms with E-state index in [-0.39, 0.29) is 5.97 Å². The third-order valence-electron chi connectivity index (χ3n) is 3.34. The Hall–Kier alpha value is -0.870. The number of piperidine rings is 1. The number of hydrogen-bond donors (Lipinski definition) is 1. The molecule has 0 aliphatic carbocycles. The summed E-state index contributed by atoms with van der Waals surface area (Å²) in [7, 11) is 1.43. The number of hydrogen-bond acceptors (Lipinski definition) is 4. The van der Waals surface area contributed by atoms with Gasteiger partial charge in [0.25, 0.3) is 0 Å². The Balaban J connectivity index is 2.11. The second-order valence-corrected chi connectivity index (χ2v) is 5.14. The molecular formula is C14H26N2O2. The zero-order valence-corrected chi connectivity index (χ0v) is 11.9. The maximum Gasteiger partial charge on any atom is 0.306 e. The van der Waals surface area contributed by atoms with Crippen molar-refractivity contribution >= 4 is 5.97 Å². The molecule has 18 heavy (non-hydrogen) atoms. The SMILES string of the molecule is COC(=O)CCNC1CCN(CC=C(C)C)CC1. The van der Waals surface area contributed by atoms with Crippen molar-refractivity contribution in [3.05, 3.63) is 11.6 Å². The van der Waals surface area contributed by atoms with E-state index in [0.29, 0.717) is 12.5 Å². The minimum Gasteiger partial charge on any atom is -0.469 e. The summed E-state index contributed by atoms with van der Waals surface area (Å²) in [4.78, 5) is 13.5. The smallest absolute Gasteiger partial charge is 0.306 e. The van der Waals surface area contributed by atoms with Crippen molar-refractivity contribution in [3.63, 3.8) is 0 Å². The third kappa shape index (κ3) is 6.17. The van der Waals surface area contributed by atoms with Crippen LogP contribution in [-0.2, 0) is 9.53 Å². The standard InChI is InChI=1S/C14H26N2O2/c1-12(2)5-9-16-10-6-13(7-11-16)15-8-4-14(17)18-3/h5,13,15H,4,6-11H2,1-3H3. The lowest BCUT2D eigenvalue weighted by Crippen LogP contribution is -2.43. The number of methoxy groups -OCH3 is 1. The fourth-order valence-corrected chi connectivity index (χ4v) is 2.11. The number of carbonyl (C=O) groups is 1. The van der Waals surface area contributed by atoms with Crippen LogP contribution in [0.25, 0.3) is 0 Å². The molecule has 0 aromatic carbocycles. The van der Waals surface area contributed by atoms with Gasteiger partial charge in [-0.15, -0.1) is 0 Å². The Kier molecular flexibility index (Phi) is 6.98. The Morgan fingerprint density at radius 2 is 2.06 bits per heavy atom. The van der Waals surface area contributed by atoms with Crippen LogP contribution in [0.4, 0.5) is 0 Å². The molecule has 1 N–H and O–H groups in total. The lowest BCUT2D eigenvalue weighted by atomic mass is 10.0. The zero-order chi connectivity index (χ0) is 13.4. The van der Waals surface area contributed by atoms with Crippen molar-refractivity contribution in [1.29, 1.82) is 0 Å². The van der Waals surface area contributed by atoms with Gasteiger partial charge in [0.05, 0.1) is 13.5 Å². The molecule has 1 saturated heterocycles. The van der Waals surface area contributed by atoms with Crippen LogP contribution in [0.15, 0.2) is 11.6 Å². The van der Waals surface area contributed by atoms with Crippen LogP contribution in [0.3, 0.4) is 0 Å². The van der Waals surface area contributed by atoms with Gasteiger partial charge in [-0.2, -0.15) is 0 Å². The van der Waals surface area contributed by atoms with Gasteiger partial charge in [-0.1, -0.05) is 11.6 Å². The highest BCUT2D eigenvalue weighted by Gasteiger charge is 2.17. The number of allylic oxidation sites excluding steroid dienone is 1. The average molecular weight is 254 g/mol. The van der Waals surface area contributed by atoms with Gasteiger partial charge in [0, 0.05) is 19.1 Å². The molecular weight excluding hydrogens is 228 g/mol. The van der Waals surface area contributed by atoms with Gasteiger partial charge in [-0.3, -0.25) is 9.69 Å². The van der Waals surface area contributed by atoms with Crippen LogP contribution < -0.4 is 5.32 Å². The van der Waals surface area contributed by atoms with Gasteiger partial charge >= 0.3 is 5.97 Å². The molecule has 0 bridgehead atoms. The fraction of sp³-hybridized carbons (Fsp3) is 0.786. The monoisotopic (exact) mass is 254 g/mol. The third-order valence-corrected chi connectivity index (χ3v) is 3.34. The summed E-state index contributed by atoms with van der Waals surface area (Å²) < 4.78 is 4.62. The molecule has 104 valence electrons. The van der Waals surface area contributed by atoms with E-state index in [2.05, 4.69) is 34.9 Å². The molecule has 4 nitrogen and oxygen atoms in total. The molecule has 0 unspecified atom stereocenters. The van der Waals surface area contributed by atoms with E-state index in [1.165, 1.54) is 12.7 Å². The summed E-state index contributed by atoms with van der Waals surface area (Å²) in [5, 5.41) is 3.43. The van der Waals surface area contributed by atoms with Gasteiger partial charge < -0.3 is 10.1 Å². The summed E-state index contributed by atoms with van der Waals surface area (Å²) in [6, 6.07) is 0.553. The Morgan fingerprint density at radius 3 is 2.61 bits per heavy atom. The largest absolute Gasteiger partial charge is 0.469 e. The number of nitrogens with one attached hydrogen (secondary N) is 1. The van der Waals surface area contributed by atoms with Crippen molar-refractivity contribution in [2.75, 3.05) is 33.3 Å². The normalized spacial score (nSPS) is 17.5. The highest BCUT2D eigenvalue weighted by Crippen LogP contribution is 2.10. The molecule has 0 amide bonds. The molecule has 0 radical (unpaired) electrons. The molecule has 1 fully saturated rings. The van der Waals surface area contributed by atoms with Crippen molar-refractivity contribution in [1.82, 2.24) is 10.2 Å². The lowest BCUT2D eigenvalue weighted by Gasteiger charge is -2.31. The van der Waals surface area contributed by atoms with E-state index in [1.807, 2.05) is 0 Å². The molecule has 0 saturated carbocycles. The Bertz CT molecular complexity index is 278. The Labute approximate surface area is 110 Å². The predicted octanol–water partition coefficient (Wildman–Crippen LogP) is 1.57. The second-order valence-electron chi connectivity index (χ2n) is 5.14. The van der Waals surface area contributed by atoms with Gasteiger partial charge in [-0.05, 0) is 39.8 Å². The number of ether oxygens (including phenoxy) is 1. The Morgan fingerprint density at radius 1 is 1.39 bits per heavy atom. The van der Waals surface area contributed by atoms with E-state index >= 15 is 0 Å². The number of likely N-dealkylation sites (tertiary alicyclic amines) is 1. The van der Waals surface area contributed by atoms with Gasteiger partial charge in [0.2, 0.25) is 0 Å². The molecule has 1 aliphatic rings. The van der Waals surface area contributed by atoms with Crippen molar-refractivity contribution in [2.45, 2.75) is 39.2 Å². The molecule has 1 heterocycles. The average Bonchev–Trinajstić information content (AvgIpc) is 2.37. The van der Waals surface area contributed by atoms with E-state index in [4.69, 9.17) is 0 Å². The number of rotatable bonds is 6. The molecule has 1 aliphatic heterocycles. The summed E-state index contributed by atoms with van der Waals surface area (Å²) >= 11 is 0. The fourth-order valence-electron chi connectivity index (χ4n) is 2.11. The number of esters is 1. The van der Waals surface area contributed by atoms with Crippen molar-refractivity contribution in [3.8, 4) is 0 Å². The van der Waals surface area contributed by atoms with Crippen LogP contribution in [0, 0.1) is 0 Å². The molecule has 0 atom stereocenters. The molecule has 0 aromatic rings. The molecule has 1 rings (SSSR count). The van der Waals surface area contributed by atoms with E-state index in [1.54, 1.807) is 0 Å². The van der Waals surface area contributed by atoms with Crippen molar-refractivity contribution in [2.24, 2.45) is 0 Å². The van der Waals surface area contributed by atoms with E-state index < -0.39 is 0 Å². The first-order valence-corrected chi connectivity index (χ1v) is 6.77. The van der Waals surface area contributed by atoms with Crippen LogP contribution in [-0.4, -0.2) is 50.2 Å². The predicted molar refractivity (Wildman–Crippen MR) is 73.5 cm³/mol. The van der Waals surface area contributed by atoms with Gasteiger partial charge in [0.1, 0.15) is 0 Å². The summed E-state index contributed by atoms with van der Waals surface area (Å²) in [5.74, 6) is -0.136. The van der Waals surface area contributed by atoms with Crippen LogP contribution in [0.1, 0.15) is 33.1 Å². The van der Waals surface area contributed by atoms with Crippen LogP contribution in [0.2, 0.25) is 0 Å². The lowest BCUT2D eigenvalue weighted by molar-refractivity contribution is -0.140. The first-order chi connectivity index (χ1) is 8.61. The van der Waals surface area contributed by atoms with Crippen molar-refractivity contribution < 1.29 is 9.53 Å². The van der Waals surface area contributed by atoms with Gasteiger partial charge in [0.15, 0.2) is 0 Å². The summed E-state index contributed by atoms with van der Waals surface area (Å²) in [6.07, 6.45) is 5.08. The number of carbonyl (C=O) groups excluding carboxylic acids is 1. The first kappa shape index (κ1) is 15.2. The first-order valence-electron chi connectivity index (χ1n) is 6.77. The van der Waals surface area contributed by atoms with E-state index in [0.717, 1.165) is 39.0 Å².